The van der Waals surface area contributed by atoms with Crippen molar-refractivity contribution in [2.75, 3.05) is 26.2 Å². The fraction of sp³-hybridized carbons (Fsp3) is 0.917. The van der Waals surface area contributed by atoms with E-state index < -0.39 is 0 Å². The Balaban J connectivity index is 1.95. The first kappa shape index (κ1) is 11.9. The van der Waals surface area contributed by atoms with E-state index in [0.29, 0.717) is 5.91 Å². The summed E-state index contributed by atoms with van der Waals surface area (Å²) < 4.78 is 0. The molecule has 2 aliphatic heterocycles. The molecular weight excluding hydrogens is 204 g/mol. The van der Waals surface area contributed by atoms with E-state index in [2.05, 4.69) is 5.32 Å². The van der Waals surface area contributed by atoms with Crippen molar-refractivity contribution < 1.29 is 9.90 Å². The van der Waals surface area contributed by atoms with E-state index in [-0.39, 0.29) is 18.6 Å². The number of rotatable bonds is 3. The molecule has 4 nitrogen and oxygen atoms in total. The summed E-state index contributed by atoms with van der Waals surface area (Å²) in [5.41, 5.74) is 0. The zero-order valence-electron chi connectivity index (χ0n) is 9.82. The minimum Gasteiger partial charge on any atom is -0.396 e. The van der Waals surface area contributed by atoms with E-state index in [0.717, 1.165) is 45.3 Å². The zero-order chi connectivity index (χ0) is 11.4. The first-order valence-corrected chi connectivity index (χ1v) is 6.45. The van der Waals surface area contributed by atoms with Gasteiger partial charge in [0.1, 0.15) is 0 Å². The fourth-order valence-corrected chi connectivity index (χ4v) is 2.84. The van der Waals surface area contributed by atoms with Crippen LogP contribution in [0.3, 0.4) is 0 Å². The number of aliphatic hydroxyl groups excluding tert-OH is 1. The molecule has 0 radical (unpaired) electrons. The monoisotopic (exact) mass is 226 g/mol. The molecule has 2 heterocycles. The minimum absolute atomic E-state index is 0.180. The van der Waals surface area contributed by atoms with Gasteiger partial charge in [-0.1, -0.05) is 0 Å². The highest BCUT2D eigenvalue weighted by Gasteiger charge is 2.32. The van der Waals surface area contributed by atoms with Crippen molar-refractivity contribution in [2.24, 2.45) is 5.92 Å². The summed E-state index contributed by atoms with van der Waals surface area (Å²) in [6, 6.07) is 0.284. The van der Waals surface area contributed by atoms with Gasteiger partial charge in [-0.25, -0.2) is 0 Å². The van der Waals surface area contributed by atoms with Gasteiger partial charge in [0, 0.05) is 25.7 Å². The maximum atomic E-state index is 12.3. The molecule has 4 heteroatoms. The van der Waals surface area contributed by atoms with Crippen molar-refractivity contribution in [2.45, 2.75) is 38.1 Å². The molecule has 0 saturated carbocycles. The Morgan fingerprint density at radius 3 is 2.94 bits per heavy atom. The Kier molecular flexibility index (Phi) is 4.18. The molecule has 0 bridgehead atoms. The van der Waals surface area contributed by atoms with Crippen LogP contribution in [0.15, 0.2) is 0 Å². The number of amides is 1. The SMILES string of the molecule is O=C(C1CCNC1)N1CCCCC1CCO. The molecule has 2 rings (SSSR count). The Labute approximate surface area is 97.0 Å². The Morgan fingerprint density at radius 1 is 1.38 bits per heavy atom. The molecule has 0 aromatic heterocycles. The topological polar surface area (TPSA) is 52.6 Å². The minimum atomic E-state index is 0.180. The number of aliphatic hydroxyl groups is 1. The molecule has 2 unspecified atom stereocenters. The van der Waals surface area contributed by atoms with Gasteiger partial charge >= 0.3 is 0 Å². The standard InChI is InChI=1S/C12H22N2O2/c15-8-5-11-3-1-2-7-14(11)12(16)10-4-6-13-9-10/h10-11,13,15H,1-9H2. The van der Waals surface area contributed by atoms with Gasteiger partial charge in [0.15, 0.2) is 0 Å². The van der Waals surface area contributed by atoms with Gasteiger partial charge in [-0.05, 0) is 38.6 Å². The molecule has 0 spiro atoms. The van der Waals surface area contributed by atoms with Crippen molar-refractivity contribution in [3.63, 3.8) is 0 Å². The van der Waals surface area contributed by atoms with Gasteiger partial charge < -0.3 is 15.3 Å². The van der Waals surface area contributed by atoms with Crippen molar-refractivity contribution >= 4 is 5.91 Å². The molecule has 0 aromatic rings. The highest BCUT2D eigenvalue weighted by Crippen LogP contribution is 2.23. The summed E-state index contributed by atoms with van der Waals surface area (Å²) >= 11 is 0. The third kappa shape index (κ3) is 2.55. The summed E-state index contributed by atoms with van der Waals surface area (Å²) in [7, 11) is 0. The maximum absolute atomic E-state index is 12.3. The van der Waals surface area contributed by atoms with Crippen LogP contribution in [0, 0.1) is 5.92 Å². The van der Waals surface area contributed by atoms with Crippen LogP contribution in [0.4, 0.5) is 0 Å². The molecule has 2 atom stereocenters. The van der Waals surface area contributed by atoms with E-state index >= 15 is 0 Å². The van der Waals surface area contributed by atoms with Gasteiger partial charge in [-0.2, -0.15) is 0 Å². The van der Waals surface area contributed by atoms with Gasteiger partial charge in [0.05, 0.1) is 5.92 Å². The third-order valence-electron chi connectivity index (χ3n) is 3.78. The number of nitrogens with zero attached hydrogens (tertiary/aromatic N) is 1. The number of likely N-dealkylation sites (tertiary alicyclic amines) is 1. The normalized spacial score (nSPS) is 30.7. The van der Waals surface area contributed by atoms with Crippen LogP contribution in [-0.2, 0) is 4.79 Å². The number of hydrogen-bond acceptors (Lipinski definition) is 3. The number of carbonyl (C=O) groups excluding carboxylic acids is 1. The van der Waals surface area contributed by atoms with E-state index in [9.17, 15) is 4.79 Å². The summed E-state index contributed by atoms with van der Waals surface area (Å²) in [5.74, 6) is 0.488. The number of piperidine rings is 1. The maximum Gasteiger partial charge on any atom is 0.227 e. The van der Waals surface area contributed by atoms with E-state index in [1.807, 2.05) is 4.90 Å². The van der Waals surface area contributed by atoms with Gasteiger partial charge in [0.2, 0.25) is 5.91 Å². The summed E-state index contributed by atoms with van der Waals surface area (Å²) in [5, 5.41) is 12.3. The predicted molar refractivity (Wildman–Crippen MR) is 62.0 cm³/mol. The lowest BCUT2D eigenvalue weighted by Crippen LogP contribution is -2.47. The predicted octanol–water partition coefficient (Wildman–Crippen LogP) is 0.359. The average Bonchev–Trinajstić information content (AvgIpc) is 2.83. The second-order valence-electron chi connectivity index (χ2n) is 4.88. The molecule has 16 heavy (non-hydrogen) atoms. The summed E-state index contributed by atoms with van der Waals surface area (Å²) in [6.07, 6.45) is 5.09. The number of nitrogens with one attached hydrogen (secondary N) is 1. The highest BCUT2D eigenvalue weighted by molar-refractivity contribution is 5.79. The Bertz CT molecular complexity index is 237. The quantitative estimate of drug-likeness (QED) is 0.730. The Hall–Kier alpha value is -0.610. The zero-order valence-corrected chi connectivity index (χ0v) is 9.82. The molecule has 0 aliphatic carbocycles. The lowest BCUT2D eigenvalue weighted by Gasteiger charge is -2.37. The first-order valence-electron chi connectivity index (χ1n) is 6.45. The number of carbonyl (C=O) groups is 1. The molecule has 2 saturated heterocycles. The van der Waals surface area contributed by atoms with E-state index in [1.165, 1.54) is 6.42 Å². The van der Waals surface area contributed by atoms with Gasteiger partial charge in [-0.3, -0.25) is 4.79 Å². The molecule has 1 amide bonds. The van der Waals surface area contributed by atoms with E-state index in [1.54, 1.807) is 0 Å². The van der Waals surface area contributed by atoms with Gasteiger partial charge in [0.25, 0.3) is 0 Å². The lowest BCUT2D eigenvalue weighted by atomic mass is 9.97. The van der Waals surface area contributed by atoms with Crippen molar-refractivity contribution in [3.05, 3.63) is 0 Å². The Morgan fingerprint density at radius 2 is 2.25 bits per heavy atom. The van der Waals surface area contributed by atoms with Crippen LogP contribution in [0.2, 0.25) is 0 Å². The largest absolute Gasteiger partial charge is 0.396 e. The first-order chi connectivity index (χ1) is 7.83. The van der Waals surface area contributed by atoms with Crippen molar-refractivity contribution in [3.8, 4) is 0 Å². The molecule has 0 aromatic carbocycles. The second kappa shape index (κ2) is 5.64. The number of hydrogen-bond donors (Lipinski definition) is 2. The molecule has 2 aliphatic rings. The van der Waals surface area contributed by atoms with Crippen molar-refractivity contribution in [1.29, 1.82) is 0 Å². The van der Waals surface area contributed by atoms with Crippen LogP contribution >= 0.6 is 0 Å². The average molecular weight is 226 g/mol. The molecule has 92 valence electrons. The third-order valence-corrected chi connectivity index (χ3v) is 3.78. The van der Waals surface area contributed by atoms with Crippen molar-refractivity contribution in [1.82, 2.24) is 10.2 Å². The fourth-order valence-electron chi connectivity index (χ4n) is 2.84. The molecule has 2 N–H and O–H groups in total. The molecular formula is C12H22N2O2. The smallest absolute Gasteiger partial charge is 0.227 e. The van der Waals surface area contributed by atoms with Crippen LogP contribution in [0.1, 0.15) is 32.1 Å². The van der Waals surface area contributed by atoms with Crippen LogP contribution in [0.25, 0.3) is 0 Å². The van der Waals surface area contributed by atoms with Crippen LogP contribution in [-0.4, -0.2) is 48.2 Å². The second-order valence-corrected chi connectivity index (χ2v) is 4.88. The highest BCUT2D eigenvalue weighted by atomic mass is 16.3. The lowest BCUT2D eigenvalue weighted by molar-refractivity contribution is -0.139. The molecule has 2 fully saturated rings. The van der Waals surface area contributed by atoms with Crippen LogP contribution < -0.4 is 5.32 Å². The summed E-state index contributed by atoms with van der Waals surface area (Å²) in [4.78, 5) is 14.3. The van der Waals surface area contributed by atoms with Gasteiger partial charge in [-0.15, -0.1) is 0 Å². The van der Waals surface area contributed by atoms with E-state index in [4.69, 9.17) is 5.11 Å². The summed E-state index contributed by atoms with van der Waals surface area (Å²) in [6.45, 7) is 2.88. The van der Waals surface area contributed by atoms with Crippen LogP contribution in [0.5, 0.6) is 0 Å².